The number of nitrogens with two attached hydrogens (primary N) is 1. The summed E-state index contributed by atoms with van der Waals surface area (Å²) in [5.41, 5.74) is 6.99. The van der Waals surface area contributed by atoms with Crippen LogP contribution in [0.3, 0.4) is 0 Å². The average molecular weight is 361 g/mol. The van der Waals surface area contributed by atoms with Crippen molar-refractivity contribution in [1.29, 1.82) is 0 Å². The molecule has 130 valence electrons. The fraction of sp³-hybridized carbons (Fsp3) is 0.588. The van der Waals surface area contributed by atoms with E-state index in [9.17, 15) is 4.79 Å². The molecule has 0 aliphatic carbocycles. The van der Waals surface area contributed by atoms with Crippen LogP contribution >= 0.6 is 24.0 Å². The summed E-state index contributed by atoms with van der Waals surface area (Å²) in [5.74, 6) is 0.670. The molecule has 4 nitrogen and oxygen atoms in total. The summed E-state index contributed by atoms with van der Waals surface area (Å²) in [4.78, 5) is 14.4. The second-order valence-electron chi connectivity index (χ2n) is 6.81. The lowest BCUT2D eigenvalue weighted by Crippen LogP contribution is -2.56. The molecule has 2 unspecified atom stereocenters. The van der Waals surface area contributed by atoms with Crippen molar-refractivity contribution in [1.82, 2.24) is 4.90 Å². The second-order valence-corrected chi connectivity index (χ2v) is 7.22. The molecule has 6 heteroatoms. The van der Waals surface area contributed by atoms with Gasteiger partial charge in [0.2, 0.25) is 0 Å². The molecule has 2 atom stereocenters. The van der Waals surface area contributed by atoms with Gasteiger partial charge in [0.15, 0.2) is 6.10 Å². The fourth-order valence-corrected chi connectivity index (χ4v) is 2.88. The summed E-state index contributed by atoms with van der Waals surface area (Å²) in [6.45, 7) is 9.26. The molecule has 0 aromatic heterocycles. The molecule has 1 saturated heterocycles. The molecule has 0 spiro atoms. The minimum Gasteiger partial charge on any atom is -0.481 e. The summed E-state index contributed by atoms with van der Waals surface area (Å²) >= 11 is 6.00. The molecule has 1 fully saturated rings. The minimum atomic E-state index is -0.523. The smallest absolute Gasteiger partial charge is 0.263 e. The summed E-state index contributed by atoms with van der Waals surface area (Å²) < 4.78 is 5.78. The molecular formula is C17H26Cl2N2O2. The van der Waals surface area contributed by atoms with Crippen molar-refractivity contribution in [2.45, 2.75) is 46.3 Å². The van der Waals surface area contributed by atoms with E-state index in [4.69, 9.17) is 22.1 Å². The quantitative estimate of drug-likeness (QED) is 0.898. The van der Waals surface area contributed by atoms with Crippen LogP contribution < -0.4 is 10.5 Å². The maximum atomic E-state index is 12.6. The molecule has 2 N–H and O–H groups in total. The Morgan fingerprint density at radius 1 is 1.48 bits per heavy atom. The maximum Gasteiger partial charge on any atom is 0.263 e. The molecule has 0 radical (unpaired) electrons. The highest BCUT2D eigenvalue weighted by atomic mass is 35.5. The number of halogens is 2. The van der Waals surface area contributed by atoms with Gasteiger partial charge in [0.25, 0.3) is 5.91 Å². The molecule has 23 heavy (non-hydrogen) atoms. The van der Waals surface area contributed by atoms with Crippen molar-refractivity contribution in [3.63, 3.8) is 0 Å². The van der Waals surface area contributed by atoms with Gasteiger partial charge in [-0.05, 0) is 49.4 Å². The summed E-state index contributed by atoms with van der Waals surface area (Å²) in [6.07, 6.45) is 0.302. The van der Waals surface area contributed by atoms with Crippen LogP contribution in [0, 0.1) is 12.3 Å². The first-order valence-electron chi connectivity index (χ1n) is 7.68. The molecule has 1 aromatic rings. The zero-order valence-corrected chi connectivity index (χ0v) is 15.7. The average Bonchev–Trinajstić information content (AvgIpc) is 2.45. The highest BCUT2D eigenvalue weighted by Gasteiger charge is 2.36. The lowest BCUT2D eigenvalue weighted by Gasteiger charge is -2.43. The Kier molecular flexibility index (Phi) is 6.75. The number of piperidine rings is 1. The number of hydrogen-bond acceptors (Lipinski definition) is 3. The van der Waals surface area contributed by atoms with Crippen molar-refractivity contribution in [3.05, 3.63) is 28.8 Å². The number of nitrogens with zero attached hydrogens (tertiary/aromatic N) is 1. The molecule has 1 amide bonds. The van der Waals surface area contributed by atoms with Gasteiger partial charge in [-0.3, -0.25) is 4.79 Å². The van der Waals surface area contributed by atoms with Crippen LogP contribution in [0.5, 0.6) is 5.75 Å². The number of hydrogen-bond donors (Lipinski definition) is 1. The Morgan fingerprint density at radius 3 is 2.70 bits per heavy atom. The molecule has 0 bridgehead atoms. The third kappa shape index (κ3) is 4.75. The summed E-state index contributed by atoms with van der Waals surface area (Å²) in [6, 6.07) is 5.55. The van der Waals surface area contributed by atoms with E-state index in [0.717, 1.165) is 12.0 Å². The number of ether oxygens (including phenoxy) is 1. The minimum absolute atomic E-state index is 0. The van der Waals surface area contributed by atoms with Gasteiger partial charge >= 0.3 is 0 Å². The molecular weight excluding hydrogens is 335 g/mol. The number of likely N-dealkylation sites (tertiary alicyclic amines) is 1. The normalized spacial score (nSPS) is 21.3. The lowest BCUT2D eigenvalue weighted by molar-refractivity contribution is -0.141. The van der Waals surface area contributed by atoms with Crippen molar-refractivity contribution < 1.29 is 9.53 Å². The highest BCUT2D eigenvalue weighted by Crippen LogP contribution is 2.28. The molecule has 1 heterocycles. The second kappa shape index (κ2) is 7.73. The van der Waals surface area contributed by atoms with Gasteiger partial charge in [-0.2, -0.15) is 0 Å². The SMILES string of the molecule is Cc1cc(OC(C)C(=O)N2CCC(N)C(C)(C)C2)ccc1Cl.Cl. The van der Waals surface area contributed by atoms with Gasteiger partial charge in [-0.25, -0.2) is 0 Å². The van der Waals surface area contributed by atoms with Crippen molar-refractivity contribution in [2.24, 2.45) is 11.1 Å². The zero-order chi connectivity index (χ0) is 16.5. The molecule has 1 aromatic carbocycles. The standard InChI is InChI=1S/C17H25ClN2O2.ClH/c1-11-9-13(5-6-14(11)18)22-12(2)16(21)20-8-7-15(19)17(3,4)10-20;/h5-6,9,12,15H,7-8,10,19H2,1-4H3;1H. The number of carbonyl (C=O) groups is 1. The third-order valence-electron chi connectivity index (χ3n) is 4.41. The third-order valence-corrected chi connectivity index (χ3v) is 4.84. The Morgan fingerprint density at radius 2 is 2.13 bits per heavy atom. The van der Waals surface area contributed by atoms with Gasteiger partial charge < -0.3 is 15.4 Å². The van der Waals surface area contributed by atoms with Crippen molar-refractivity contribution in [2.75, 3.05) is 13.1 Å². The first-order valence-corrected chi connectivity index (χ1v) is 8.05. The Bertz CT molecular complexity index is 564. The van der Waals surface area contributed by atoms with Gasteiger partial charge in [0, 0.05) is 24.2 Å². The number of aryl methyl sites for hydroxylation is 1. The summed E-state index contributed by atoms with van der Waals surface area (Å²) in [7, 11) is 0. The van der Waals surface area contributed by atoms with Crippen molar-refractivity contribution in [3.8, 4) is 5.75 Å². The molecule has 1 aliphatic heterocycles. The van der Waals surface area contributed by atoms with Crippen LogP contribution in [-0.2, 0) is 4.79 Å². The van der Waals surface area contributed by atoms with Gasteiger partial charge in [-0.15, -0.1) is 12.4 Å². The predicted octanol–water partition coefficient (Wildman–Crippen LogP) is 3.42. The topological polar surface area (TPSA) is 55.6 Å². The summed E-state index contributed by atoms with van der Waals surface area (Å²) in [5, 5.41) is 0.693. The monoisotopic (exact) mass is 360 g/mol. The van der Waals surface area contributed by atoms with Gasteiger partial charge in [0.05, 0.1) is 0 Å². The Labute approximate surface area is 149 Å². The van der Waals surface area contributed by atoms with E-state index in [1.165, 1.54) is 0 Å². The van der Waals surface area contributed by atoms with E-state index in [0.29, 0.717) is 23.9 Å². The van der Waals surface area contributed by atoms with Crippen LogP contribution in [0.1, 0.15) is 32.8 Å². The number of rotatable bonds is 3. The Hall–Kier alpha value is -0.970. The number of benzene rings is 1. The Balaban J connectivity index is 0.00000264. The van der Waals surface area contributed by atoms with E-state index in [1.807, 2.05) is 17.9 Å². The zero-order valence-electron chi connectivity index (χ0n) is 14.1. The van der Waals surface area contributed by atoms with E-state index >= 15 is 0 Å². The predicted molar refractivity (Wildman–Crippen MR) is 96.5 cm³/mol. The molecule has 1 aliphatic rings. The van der Waals surface area contributed by atoms with E-state index in [-0.39, 0.29) is 29.8 Å². The van der Waals surface area contributed by atoms with E-state index in [2.05, 4.69) is 13.8 Å². The van der Waals surface area contributed by atoms with Crippen LogP contribution in [0.4, 0.5) is 0 Å². The van der Waals surface area contributed by atoms with Crippen LogP contribution in [0.25, 0.3) is 0 Å². The van der Waals surface area contributed by atoms with E-state index < -0.39 is 6.10 Å². The van der Waals surface area contributed by atoms with E-state index in [1.54, 1.807) is 19.1 Å². The van der Waals surface area contributed by atoms with Gasteiger partial charge in [0.1, 0.15) is 5.75 Å². The van der Waals surface area contributed by atoms with Crippen LogP contribution in [-0.4, -0.2) is 36.0 Å². The van der Waals surface area contributed by atoms with Gasteiger partial charge in [-0.1, -0.05) is 25.4 Å². The lowest BCUT2D eigenvalue weighted by atomic mass is 9.79. The molecule has 2 rings (SSSR count). The van der Waals surface area contributed by atoms with Crippen LogP contribution in [0.2, 0.25) is 5.02 Å². The molecule has 0 saturated carbocycles. The highest BCUT2D eigenvalue weighted by molar-refractivity contribution is 6.31. The first-order chi connectivity index (χ1) is 10.2. The number of carbonyl (C=O) groups excluding carboxylic acids is 1. The first kappa shape index (κ1) is 20.1. The maximum absolute atomic E-state index is 12.6. The van der Waals surface area contributed by atoms with Crippen molar-refractivity contribution >= 4 is 29.9 Å². The fourth-order valence-electron chi connectivity index (χ4n) is 2.76. The number of amides is 1. The van der Waals surface area contributed by atoms with Crippen LogP contribution in [0.15, 0.2) is 18.2 Å². The largest absolute Gasteiger partial charge is 0.481 e.